The Hall–Kier alpha value is -1.90. The van der Waals surface area contributed by atoms with Crippen molar-refractivity contribution in [3.05, 3.63) is 47.7 Å². The summed E-state index contributed by atoms with van der Waals surface area (Å²) in [6, 6.07) is 8.44. The zero-order valence-electron chi connectivity index (χ0n) is 6.86. The molecule has 1 aromatic carbocycles. The highest BCUT2D eigenvalue weighted by Gasteiger charge is 2.10. The van der Waals surface area contributed by atoms with E-state index in [0.29, 0.717) is 5.56 Å². The molecule has 2 N–H and O–H groups in total. The fraction of sp³-hybridized carbons (Fsp3) is 0. The molecule has 1 radical (unpaired) electrons. The van der Waals surface area contributed by atoms with Crippen LogP contribution in [0.5, 0.6) is 0 Å². The molecule has 0 amide bonds. The van der Waals surface area contributed by atoms with Gasteiger partial charge in [0.05, 0.1) is 5.57 Å². The topological polar surface area (TPSA) is 60.2 Å². The Balaban J connectivity index is 2.98. The van der Waals surface area contributed by atoms with E-state index in [4.69, 9.17) is 5.73 Å². The monoisotopic (exact) mass is 174 g/mol. The smallest absolute Gasteiger partial charge is 0.239 e. The minimum absolute atomic E-state index is 0.147. The molecule has 13 heavy (non-hydrogen) atoms. The molecule has 0 aliphatic carbocycles. The Morgan fingerprint density at radius 3 is 2.38 bits per heavy atom. The van der Waals surface area contributed by atoms with Gasteiger partial charge in [0.1, 0.15) is 0 Å². The summed E-state index contributed by atoms with van der Waals surface area (Å²) in [6.07, 6.45) is 2.45. The van der Waals surface area contributed by atoms with Crippen LogP contribution in [0.2, 0.25) is 0 Å². The molecule has 0 atom stereocenters. The lowest BCUT2D eigenvalue weighted by atomic mass is 10.1. The van der Waals surface area contributed by atoms with Gasteiger partial charge < -0.3 is 5.73 Å². The Kier molecular flexibility index (Phi) is 2.97. The number of carbonyl (C=O) groups is 1. The molecule has 0 saturated carbocycles. The van der Waals surface area contributed by atoms with Gasteiger partial charge in [0, 0.05) is 11.8 Å². The minimum Gasteiger partial charge on any atom is -0.404 e. The van der Waals surface area contributed by atoms with E-state index in [-0.39, 0.29) is 5.57 Å². The van der Waals surface area contributed by atoms with Crippen molar-refractivity contribution >= 4 is 12.1 Å². The van der Waals surface area contributed by atoms with Crippen molar-refractivity contribution in [1.29, 1.82) is 0 Å². The van der Waals surface area contributed by atoms with Crippen LogP contribution in [0.15, 0.2) is 42.1 Å². The first kappa shape index (κ1) is 9.19. The van der Waals surface area contributed by atoms with Crippen molar-refractivity contribution in [2.75, 3.05) is 0 Å². The molecule has 0 aliphatic rings. The van der Waals surface area contributed by atoms with Crippen LogP contribution in [0.25, 0.3) is 0 Å². The van der Waals surface area contributed by atoms with Gasteiger partial charge in [-0.1, -0.05) is 30.3 Å². The molecule has 0 aliphatic heterocycles. The van der Waals surface area contributed by atoms with Crippen molar-refractivity contribution < 1.29 is 9.59 Å². The quantitative estimate of drug-likeness (QED) is 0.319. The number of rotatable bonds is 3. The molecule has 0 unspecified atom stereocenters. The second kappa shape index (κ2) is 4.21. The maximum atomic E-state index is 11.4. The first-order valence-corrected chi connectivity index (χ1v) is 3.69. The predicted molar refractivity (Wildman–Crippen MR) is 48.7 cm³/mol. The number of Topliss-reactive ketones (excluding diaryl/α,β-unsaturated/α-hetero) is 1. The predicted octanol–water partition coefficient (Wildman–Crippen LogP) is 0.822. The van der Waals surface area contributed by atoms with Gasteiger partial charge in [0.2, 0.25) is 6.29 Å². The third kappa shape index (κ3) is 2.02. The van der Waals surface area contributed by atoms with Gasteiger partial charge in [-0.3, -0.25) is 9.59 Å². The summed E-state index contributed by atoms with van der Waals surface area (Å²) in [6.45, 7) is 0. The highest BCUT2D eigenvalue weighted by Crippen LogP contribution is 2.04. The third-order valence-electron chi connectivity index (χ3n) is 1.56. The van der Waals surface area contributed by atoms with Crippen LogP contribution in [-0.4, -0.2) is 12.1 Å². The molecule has 65 valence electrons. The highest BCUT2D eigenvalue weighted by atomic mass is 16.1. The number of carbonyl (C=O) groups excluding carboxylic acids is 2. The maximum Gasteiger partial charge on any atom is 0.239 e. The Labute approximate surface area is 75.9 Å². The van der Waals surface area contributed by atoms with E-state index < -0.39 is 5.78 Å². The number of benzene rings is 1. The third-order valence-corrected chi connectivity index (χ3v) is 1.56. The average Bonchev–Trinajstić information content (AvgIpc) is 2.21. The molecule has 0 fully saturated rings. The molecule has 1 aromatic rings. The van der Waals surface area contributed by atoms with Crippen molar-refractivity contribution in [2.45, 2.75) is 0 Å². The lowest BCUT2D eigenvalue weighted by Gasteiger charge is -1.96. The number of allylic oxidation sites excluding steroid dienone is 1. The van der Waals surface area contributed by atoms with E-state index in [2.05, 4.69) is 0 Å². The fourth-order valence-corrected chi connectivity index (χ4v) is 0.901. The summed E-state index contributed by atoms with van der Waals surface area (Å²) in [5.41, 5.74) is 5.36. The van der Waals surface area contributed by atoms with Gasteiger partial charge in [-0.15, -0.1) is 0 Å². The molecule has 0 saturated heterocycles. The first-order valence-electron chi connectivity index (χ1n) is 3.69. The van der Waals surface area contributed by atoms with Crippen molar-refractivity contribution in [3.8, 4) is 0 Å². The highest BCUT2D eigenvalue weighted by molar-refractivity contribution is 6.20. The number of ketones is 1. The number of hydrogen-bond acceptors (Lipinski definition) is 3. The molecule has 3 nitrogen and oxygen atoms in total. The Morgan fingerprint density at radius 1 is 1.31 bits per heavy atom. The Bertz CT molecular complexity index is 341. The molecule has 0 spiro atoms. The van der Waals surface area contributed by atoms with Crippen molar-refractivity contribution in [3.63, 3.8) is 0 Å². The van der Waals surface area contributed by atoms with E-state index in [1.54, 1.807) is 30.3 Å². The van der Waals surface area contributed by atoms with Crippen molar-refractivity contribution in [2.24, 2.45) is 5.73 Å². The van der Waals surface area contributed by atoms with Crippen LogP contribution in [0.3, 0.4) is 0 Å². The maximum absolute atomic E-state index is 11.4. The number of nitrogens with two attached hydrogens (primary N) is 1. The van der Waals surface area contributed by atoms with Gasteiger partial charge >= 0.3 is 0 Å². The molecule has 3 heteroatoms. The average molecular weight is 174 g/mol. The van der Waals surface area contributed by atoms with Crippen LogP contribution in [0, 0.1) is 0 Å². The van der Waals surface area contributed by atoms with Gasteiger partial charge in [0.25, 0.3) is 0 Å². The van der Waals surface area contributed by atoms with Gasteiger partial charge in [-0.2, -0.15) is 0 Å². The second-order valence-corrected chi connectivity index (χ2v) is 2.38. The molecule has 1 rings (SSSR count). The van der Waals surface area contributed by atoms with Crippen LogP contribution >= 0.6 is 0 Å². The lowest BCUT2D eigenvalue weighted by Crippen LogP contribution is -2.06. The Morgan fingerprint density at radius 2 is 1.92 bits per heavy atom. The van der Waals surface area contributed by atoms with E-state index in [1.165, 1.54) is 6.29 Å². The summed E-state index contributed by atoms with van der Waals surface area (Å²) in [5, 5.41) is 0. The summed E-state index contributed by atoms with van der Waals surface area (Å²) < 4.78 is 0. The summed E-state index contributed by atoms with van der Waals surface area (Å²) in [5.74, 6) is -0.405. The molecule has 0 bridgehead atoms. The SMILES string of the molecule is NC=C([C]=O)C(=O)c1ccccc1. The van der Waals surface area contributed by atoms with Crippen LogP contribution in [-0.2, 0) is 4.79 Å². The van der Waals surface area contributed by atoms with E-state index in [1.807, 2.05) is 0 Å². The standard InChI is InChI=1S/C10H8NO2/c11-6-9(7-12)10(13)8-4-2-1-3-5-8/h1-6H,11H2. The summed E-state index contributed by atoms with van der Waals surface area (Å²) >= 11 is 0. The van der Waals surface area contributed by atoms with Gasteiger partial charge in [-0.25, -0.2) is 0 Å². The van der Waals surface area contributed by atoms with Crippen LogP contribution in [0.4, 0.5) is 0 Å². The molecule has 0 heterocycles. The van der Waals surface area contributed by atoms with E-state index >= 15 is 0 Å². The lowest BCUT2D eigenvalue weighted by molar-refractivity contribution is 0.104. The summed E-state index contributed by atoms with van der Waals surface area (Å²) in [7, 11) is 0. The first-order chi connectivity index (χ1) is 6.29. The van der Waals surface area contributed by atoms with Crippen LogP contribution < -0.4 is 5.73 Å². The molecular formula is C10H8NO2. The second-order valence-electron chi connectivity index (χ2n) is 2.38. The molecular weight excluding hydrogens is 166 g/mol. The normalized spacial score (nSPS) is 10.9. The zero-order chi connectivity index (χ0) is 9.68. The van der Waals surface area contributed by atoms with E-state index in [9.17, 15) is 9.59 Å². The number of hydrogen-bond donors (Lipinski definition) is 1. The van der Waals surface area contributed by atoms with Crippen molar-refractivity contribution in [1.82, 2.24) is 0 Å². The van der Waals surface area contributed by atoms with Gasteiger partial charge in [0.15, 0.2) is 5.78 Å². The van der Waals surface area contributed by atoms with Crippen LogP contribution in [0.1, 0.15) is 10.4 Å². The fourth-order valence-electron chi connectivity index (χ4n) is 0.901. The molecule has 0 aromatic heterocycles. The largest absolute Gasteiger partial charge is 0.404 e. The van der Waals surface area contributed by atoms with E-state index in [0.717, 1.165) is 6.20 Å². The zero-order valence-corrected chi connectivity index (χ0v) is 6.86. The summed E-state index contributed by atoms with van der Waals surface area (Å²) in [4.78, 5) is 21.7. The minimum atomic E-state index is -0.405. The van der Waals surface area contributed by atoms with Gasteiger partial charge in [-0.05, 0) is 0 Å².